The van der Waals surface area contributed by atoms with Crippen molar-refractivity contribution >= 4 is 5.97 Å². The Morgan fingerprint density at radius 3 is 2.62 bits per heavy atom. The molecular formula is C11H10F2O3. The van der Waals surface area contributed by atoms with Crippen LogP contribution >= 0.6 is 0 Å². The largest absolute Gasteiger partial charge is 0.494 e. The average Bonchev–Trinajstić information content (AvgIpc) is 3.00. The molecule has 0 heterocycles. The number of methoxy groups -OCH3 is 1. The van der Waals surface area contributed by atoms with Gasteiger partial charge in [-0.3, -0.25) is 4.79 Å². The van der Waals surface area contributed by atoms with Gasteiger partial charge < -0.3 is 9.84 Å². The van der Waals surface area contributed by atoms with Crippen LogP contribution in [0.4, 0.5) is 8.78 Å². The number of aliphatic carboxylic acids is 1. The van der Waals surface area contributed by atoms with Crippen molar-refractivity contribution < 1.29 is 23.4 Å². The highest BCUT2D eigenvalue weighted by molar-refractivity contribution is 5.75. The molecule has 2 rings (SSSR count). The molecule has 1 N–H and O–H groups in total. The molecule has 86 valence electrons. The van der Waals surface area contributed by atoms with Crippen LogP contribution in [0.1, 0.15) is 17.9 Å². The van der Waals surface area contributed by atoms with Gasteiger partial charge in [-0.05, 0) is 18.1 Å². The Hall–Kier alpha value is -1.65. The SMILES string of the molecule is COc1cc(F)c(C2CC2C(=O)O)cc1F. The van der Waals surface area contributed by atoms with E-state index in [1.165, 1.54) is 7.11 Å². The van der Waals surface area contributed by atoms with E-state index in [-0.39, 0.29) is 11.3 Å². The predicted octanol–water partition coefficient (Wildman–Crippen LogP) is 2.16. The number of carboxylic acid groups (broad SMARTS) is 1. The minimum absolute atomic E-state index is 0.116. The van der Waals surface area contributed by atoms with Gasteiger partial charge in [-0.2, -0.15) is 0 Å². The Balaban J connectivity index is 2.30. The summed E-state index contributed by atoms with van der Waals surface area (Å²) in [5, 5.41) is 8.71. The molecule has 0 amide bonds. The molecule has 0 saturated heterocycles. The minimum Gasteiger partial charge on any atom is -0.494 e. The molecule has 1 saturated carbocycles. The molecular weight excluding hydrogens is 218 g/mol. The lowest BCUT2D eigenvalue weighted by molar-refractivity contribution is -0.138. The van der Waals surface area contributed by atoms with Crippen LogP contribution in [0.5, 0.6) is 5.75 Å². The van der Waals surface area contributed by atoms with Gasteiger partial charge in [0.05, 0.1) is 13.0 Å². The number of carboxylic acids is 1. The first-order valence-electron chi connectivity index (χ1n) is 4.80. The summed E-state index contributed by atoms with van der Waals surface area (Å²) in [6, 6.07) is 1.96. The summed E-state index contributed by atoms with van der Waals surface area (Å²) < 4.78 is 31.4. The van der Waals surface area contributed by atoms with Crippen LogP contribution in [0, 0.1) is 17.6 Å². The first kappa shape index (κ1) is 10.9. The van der Waals surface area contributed by atoms with Crippen molar-refractivity contribution in [1.82, 2.24) is 0 Å². The maximum atomic E-state index is 13.5. The van der Waals surface area contributed by atoms with Crippen LogP contribution < -0.4 is 4.74 Å². The average molecular weight is 228 g/mol. The van der Waals surface area contributed by atoms with Crippen LogP contribution in [0.3, 0.4) is 0 Å². The third kappa shape index (κ3) is 1.73. The molecule has 3 nitrogen and oxygen atoms in total. The van der Waals surface area contributed by atoms with Gasteiger partial charge in [-0.25, -0.2) is 8.78 Å². The van der Waals surface area contributed by atoms with Crippen molar-refractivity contribution in [1.29, 1.82) is 0 Å². The summed E-state index contributed by atoms with van der Waals surface area (Å²) in [5.74, 6) is -3.45. The van der Waals surface area contributed by atoms with E-state index < -0.39 is 29.4 Å². The van der Waals surface area contributed by atoms with Crippen molar-refractivity contribution in [2.24, 2.45) is 5.92 Å². The molecule has 1 aliphatic rings. The van der Waals surface area contributed by atoms with Gasteiger partial charge in [0.2, 0.25) is 0 Å². The minimum atomic E-state index is -0.972. The van der Waals surface area contributed by atoms with Gasteiger partial charge in [0.25, 0.3) is 0 Å². The summed E-state index contributed by atoms with van der Waals surface area (Å²) >= 11 is 0. The maximum Gasteiger partial charge on any atom is 0.307 e. The van der Waals surface area contributed by atoms with Crippen molar-refractivity contribution in [2.45, 2.75) is 12.3 Å². The van der Waals surface area contributed by atoms with Gasteiger partial charge in [0.1, 0.15) is 5.82 Å². The lowest BCUT2D eigenvalue weighted by Crippen LogP contribution is -2.01. The fourth-order valence-electron chi connectivity index (χ4n) is 1.80. The highest BCUT2D eigenvalue weighted by Crippen LogP contribution is 2.49. The number of rotatable bonds is 3. The Kier molecular flexibility index (Phi) is 2.53. The lowest BCUT2D eigenvalue weighted by Gasteiger charge is -2.06. The molecule has 1 fully saturated rings. The summed E-state index contributed by atoms with van der Waals surface area (Å²) in [6.07, 6.45) is 0.359. The van der Waals surface area contributed by atoms with Crippen molar-refractivity contribution in [3.8, 4) is 5.75 Å². The molecule has 1 aromatic carbocycles. The number of hydrogen-bond acceptors (Lipinski definition) is 2. The lowest BCUT2D eigenvalue weighted by atomic mass is 10.1. The zero-order valence-electron chi connectivity index (χ0n) is 8.54. The first-order valence-corrected chi connectivity index (χ1v) is 4.80. The number of halogens is 2. The molecule has 0 aliphatic heterocycles. The number of benzene rings is 1. The van der Waals surface area contributed by atoms with Gasteiger partial charge >= 0.3 is 5.97 Å². The smallest absolute Gasteiger partial charge is 0.307 e. The molecule has 1 aliphatic carbocycles. The van der Waals surface area contributed by atoms with E-state index in [9.17, 15) is 13.6 Å². The van der Waals surface area contributed by atoms with Crippen LogP contribution in [0.25, 0.3) is 0 Å². The van der Waals surface area contributed by atoms with E-state index in [4.69, 9.17) is 5.11 Å². The van der Waals surface area contributed by atoms with Crippen LogP contribution in [-0.2, 0) is 4.79 Å². The molecule has 2 atom stereocenters. The molecule has 2 unspecified atom stereocenters. The highest BCUT2D eigenvalue weighted by Gasteiger charge is 2.45. The summed E-state index contributed by atoms with van der Waals surface area (Å²) in [5.41, 5.74) is 0.116. The maximum absolute atomic E-state index is 13.5. The van der Waals surface area contributed by atoms with Crippen LogP contribution in [0.2, 0.25) is 0 Å². The second-order valence-electron chi connectivity index (χ2n) is 3.80. The van der Waals surface area contributed by atoms with Crippen LogP contribution in [-0.4, -0.2) is 18.2 Å². The first-order chi connectivity index (χ1) is 7.54. The fraction of sp³-hybridized carbons (Fsp3) is 0.364. The summed E-state index contributed by atoms with van der Waals surface area (Å²) in [4.78, 5) is 10.6. The zero-order valence-corrected chi connectivity index (χ0v) is 8.54. The Labute approximate surface area is 90.7 Å². The molecule has 0 bridgehead atoms. The fourth-order valence-corrected chi connectivity index (χ4v) is 1.80. The number of carbonyl (C=O) groups is 1. The van der Waals surface area contributed by atoms with Crippen molar-refractivity contribution in [3.05, 3.63) is 29.3 Å². The summed E-state index contributed by atoms with van der Waals surface area (Å²) in [7, 11) is 1.24. The van der Waals surface area contributed by atoms with Gasteiger partial charge in [-0.1, -0.05) is 0 Å². The third-order valence-electron chi connectivity index (χ3n) is 2.78. The highest BCUT2D eigenvalue weighted by atomic mass is 19.1. The molecule has 5 heteroatoms. The molecule has 0 radical (unpaired) electrons. The Morgan fingerprint density at radius 1 is 1.44 bits per heavy atom. The van der Waals surface area contributed by atoms with Gasteiger partial charge in [-0.15, -0.1) is 0 Å². The summed E-state index contributed by atoms with van der Waals surface area (Å²) in [6.45, 7) is 0. The van der Waals surface area contributed by atoms with Gasteiger partial charge in [0.15, 0.2) is 11.6 Å². The second kappa shape index (κ2) is 3.73. The van der Waals surface area contributed by atoms with Crippen LogP contribution in [0.15, 0.2) is 12.1 Å². The molecule has 0 aromatic heterocycles. The van der Waals surface area contributed by atoms with E-state index in [0.717, 1.165) is 12.1 Å². The zero-order chi connectivity index (χ0) is 11.9. The van der Waals surface area contributed by atoms with E-state index in [1.807, 2.05) is 0 Å². The van der Waals surface area contributed by atoms with E-state index in [0.29, 0.717) is 6.42 Å². The normalized spacial score (nSPS) is 22.9. The number of ether oxygens (including phenoxy) is 1. The Bertz CT molecular complexity index is 445. The monoisotopic (exact) mass is 228 g/mol. The van der Waals surface area contributed by atoms with Crippen molar-refractivity contribution in [2.75, 3.05) is 7.11 Å². The van der Waals surface area contributed by atoms with Gasteiger partial charge in [0, 0.05) is 12.0 Å². The molecule has 1 aromatic rings. The van der Waals surface area contributed by atoms with Crippen molar-refractivity contribution in [3.63, 3.8) is 0 Å². The Morgan fingerprint density at radius 2 is 2.12 bits per heavy atom. The van der Waals surface area contributed by atoms with E-state index in [1.54, 1.807) is 0 Å². The third-order valence-corrected chi connectivity index (χ3v) is 2.78. The molecule has 0 spiro atoms. The molecule has 16 heavy (non-hydrogen) atoms. The predicted molar refractivity (Wildman–Crippen MR) is 51.4 cm³/mol. The second-order valence-corrected chi connectivity index (χ2v) is 3.80. The number of hydrogen-bond donors (Lipinski definition) is 1. The van der Waals surface area contributed by atoms with E-state index in [2.05, 4.69) is 4.74 Å². The topological polar surface area (TPSA) is 46.5 Å². The quantitative estimate of drug-likeness (QED) is 0.862. The van der Waals surface area contributed by atoms with E-state index >= 15 is 0 Å². The standard InChI is InChI=1S/C11H10F2O3/c1-16-10-4-8(12)6(3-9(10)13)5-2-7(5)11(14)15/h3-5,7H,2H2,1H3,(H,14,15).